The first-order valence-electron chi connectivity index (χ1n) is 11.1. The fraction of sp³-hybridized carbons (Fsp3) is 0.400. The molecule has 0 aromatic heterocycles. The molecule has 1 aliphatic heterocycles. The van der Waals surface area contributed by atoms with Crippen LogP contribution in [-0.2, 0) is 20.4 Å². The first-order chi connectivity index (χ1) is 17.0. The number of fused-ring (bicyclic) bond motifs is 1. The summed E-state index contributed by atoms with van der Waals surface area (Å²) in [6.07, 6.45) is -8.28. The highest BCUT2D eigenvalue weighted by molar-refractivity contribution is 6.04. The number of hydrogen-bond donors (Lipinski definition) is 1. The molecular formula is C25H26F3NO7. The van der Waals surface area contributed by atoms with Gasteiger partial charge in [-0.15, -0.1) is 0 Å². The summed E-state index contributed by atoms with van der Waals surface area (Å²) >= 11 is 0. The minimum Gasteiger partial charge on any atom is -0.497 e. The summed E-state index contributed by atoms with van der Waals surface area (Å²) in [6.45, 7) is 3.52. The van der Waals surface area contributed by atoms with E-state index >= 15 is 0 Å². The maximum absolute atomic E-state index is 13.4. The third kappa shape index (κ3) is 5.72. The Kier molecular flexibility index (Phi) is 8.11. The third-order valence-corrected chi connectivity index (χ3v) is 5.96. The number of carbonyl (C=O) groups is 3. The van der Waals surface area contributed by atoms with Gasteiger partial charge in [-0.2, -0.15) is 13.2 Å². The van der Waals surface area contributed by atoms with Gasteiger partial charge in [0.15, 0.2) is 6.10 Å². The van der Waals surface area contributed by atoms with Gasteiger partial charge in [0.05, 0.1) is 25.3 Å². The highest BCUT2D eigenvalue weighted by Crippen LogP contribution is 2.40. The fourth-order valence-electron chi connectivity index (χ4n) is 3.74. The van der Waals surface area contributed by atoms with E-state index in [1.807, 2.05) is 0 Å². The monoisotopic (exact) mass is 509 g/mol. The summed E-state index contributed by atoms with van der Waals surface area (Å²) in [6, 6.07) is 7.47. The largest absolute Gasteiger partial charge is 0.497 e. The zero-order chi connectivity index (χ0) is 26.6. The molecule has 0 saturated heterocycles. The second kappa shape index (κ2) is 10.9. The van der Waals surface area contributed by atoms with Gasteiger partial charge in [0.2, 0.25) is 11.9 Å². The number of ketones is 1. The molecule has 1 heterocycles. The van der Waals surface area contributed by atoms with Crippen LogP contribution in [0.15, 0.2) is 42.5 Å². The molecule has 0 unspecified atom stereocenters. The van der Waals surface area contributed by atoms with Gasteiger partial charge in [-0.1, -0.05) is 32.4 Å². The van der Waals surface area contributed by atoms with Crippen LogP contribution >= 0.6 is 0 Å². The Bertz CT molecular complexity index is 1130. The summed E-state index contributed by atoms with van der Waals surface area (Å²) in [5.74, 6) is -1.30. The van der Waals surface area contributed by atoms with Gasteiger partial charge >= 0.3 is 18.2 Å². The molecule has 11 heteroatoms. The molecule has 2 aromatic carbocycles. The maximum Gasteiger partial charge on any atom is 0.416 e. The Hall–Kier alpha value is -3.76. The number of rotatable bonds is 7. The zero-order valence-electron chi connectivity index (χ0n) is 20.0. The molecule has 0 radical (unpaired) electrons. The normalized spacial score (nSPS) is 18.8. The number of ether oxygens (including phenoxy) is 4. The lowest BCUT2D eigenvalue weighted by atomic mass is 9.92. The van der Waals surface area contributed by atoms with Crippen LogP contribution in [0.4, 0.5) is 18.0 Å². The number of alkyl carbamates (subject to hydrolysis) is 1. The number of methoxy groups -OCH3 is 2. The van der Waals surface area contributed by atoms with E-state index in [4.69, 9.17) is 18.9 Å². The molecule has 0 aliphatic carbocycles. The topological polar surface area (TPSA) is 100 Å². The van der Waals surface area contributed by atoms with Crippen molar-refractivity contribution in [2.45, 2.75) is 44.7 Å². The highest BCUT2D eigenvalue weighted by Gasteiger charge is 2.43. The Morgan fingerprint density at radius 1 is 1.14 bits per heavy atom. The summed E-state index contributed by atoms with van der Waals surface area (Å²) in [4.78, 5) is 38.3. The summed E-state index contributed by atoms with van der Waals surface area (Å²) < 4.78 is 61.2. The lowest BCUT2D eigenvalue weighted by Gasteiger charge is -2.33. The molecule has 0 spiro atoms. The number of nitrogens with one attached hydrogen (secondary N) is 1. The Morgan fingerprint density at radius 3 is 2.47 bits per heavy atom. The highest BCUT2D eigenvalue weighted by atomic mass is 19.4. The van der Waals surface area contributed by atoms with E-state index in [0.717, 1.165) is 19.2 Å². The van der Waals surface area contributed by atoms with E-state index in [1.165, 1.54) is 37.4 Å². The van der Waals surface area contributed by atoms with Crippen LogP contribution in [0.3, 0.4) is 0 Å². The molecule has 0 bridgehead atoms. The van der Waals surface area contributed by atoms with Crippen molar-refractivity contribution in [3.8, 4) is 11.5 Å². The molecule has 0 saturated carbocycles. The number of benzene rings is 2. The average molecular weight is 509 g/mol. The van der Waals surface area contributed by atoms with Crippen molar-refractivity contribution in [1.82, 2.24) is 5.32 Å². The van der Waals surface area contributed by atoms with Crippen molar-refractivity contribution in [1.29, 1.82) is 0 Å². The van der Waals surface area contributed by atoms with E-state index in [0.29, 0.717) is 12.2 Å². The quantitative estimate of drug-likeness (QED) is 0.540. The number of alkyl halides is 3. The average Bonchev–Trinajstić information content (AvgIpc) is 2.87. The smallest absolute Gasteiger partial charge is 0.416 e. The lowest BCUT2D eigenvalue weighted by Crippen LogP contribution is -2.49. The SMILES string of the molecule is CC[C@H](C)[C@@H](NC(=O)O[C@@H]1C(=O)c2ccc(OC)cc2O[C@H]1c1cccc(C(F)(F)F)c1)C(=O)OC. The van der Waals surface area contributed by atoms with Crippen molar-refractivity contribution in [2.75, 3.05) is 14.2 Å². The molecule has 1 amide bonds. The number of halogens is 3. The first-order valence-corrected chi connectivity index (χ1v) is 11.1. The molecular weight excluding hydrogens is 483 g/mol. The molecule has 4 atom stereocenters. The number of hydrogen-bond acceptors (Lipinski definition) is 7. The number of carbonyl (C=O) groups excluding carboxylic acids is 3. The molecule has 3 rings (SSSR count). The molecule has 0 fully saturated rings. The molecule has 194 valence electrons. The van der Waals surface area contributed by atoms with Crippen LogP contribution in [0.25, 0.3) is 0 Å². The van der Waals surface area contributed by atoms with Gasteiger partial charge in [-0.05, 0) is 35.7 Å². The van der Waals surface area contributed by atoms with Gasteiger partial charge < -0.3 is 24.3 Å². The van der Waals surface area contributed by atoms with Crippen molar-refractivity contribution >= 4 is 17.8 Å². The number of amides is 1. The van der Waals surface area contributed by atoms with E-state index < -0.39 is 47.8 Å². The van der Waals surface area contributed by atoms with Crippen LogP contribution < -0.4 is 14.8 Å². The predicted molar refractivity (Wildman–Crippen MR) is 121 cm³/mol. The van der Waals surface area contributed by atoms with Crippen LogP contribution in [0, 0.1) is 5.92 Å². The minimum absolute atomic E-state index is 0.0316. The first kappa shape index (κ1) is 26.8. The van der Waals surface area contributed by atoms with Crippen LogP contribution in [0.1, 0.15) is 47.9 Å². The van der Waals surface area contributed by atoms with Crippen molar-refractivity contribution < 1.29 is 46.5 Å². The van der Waals surface area contributed by atoms with Crippen LogP contribution in [0.2, 0.25) is 0 Å². The predicted octanol–water partition coefficient (Wildman–Crippen LogP) is 4.71. The standard InChI is InChI=1S/C25H26F3NO7/c1-5-13(2)19(23(31)34-4)29-24(32)36-22-20(30)17-10-9-16(33-3)12-18(17)35-21(22)14-7-6-8-15(11-14)25(26,27)28/h6-13,19,21-22H,5H2,1-4H3,(H,29,32)/t13-,19+,21-,22+/m0/s1. The van der Waals surface area contributed by atoms with E-state index in [9.17, 15) is 27.6 Å². The minimum atomic E-state index is -4.65. The van der Waals surface area contributed by atoms with E-state index in [2.05, 4.69) is 5.32 Å². The molecule has 8 nitrogen and oxygen atoms in total. The lowest BCUT2D eigenvalue weighted by molar-refractivity contribution is -0.144. The molecule has 1 N–H and O–H groups in total. The van der Waals surface area contributed by atoms with Gasteiger partial charge in [-0.25, -0.2) is 9.59 Å². The molecule has 36 heavy (non-hydrogen) atoms. The maximum atomic E-state index is 13.4. The second-order valence-corrected chi connectivity index (χ2v) is 8.24. The van der Waals surface area contributed by atoms with E-state index in [1.54, 1.807) is 13.8 Å². The van der Waals surface area contributed by atoms with Gasteiger partial charge in [0.25, 0.3) is 0 Å². The van der Waals surface area contributed by atoms with Gasteiger partial charge in [0.1, 0.15) is 17.5 Å². The second-order valence-electron chi connectivity index (χ2n) is 8.24. The van der Waals surface area contributed by atoms with Crippen molar-refractivity contribution in [2.24, 2.45) is 5.92 Å². The van der Waals surface area contributed by atoms with E-state index in [-0.39, 0.29) is 22.8 Å². The number of esters is 1. The van der Waals surface area contributed by atoms with Crippen LogP contribution in [-0.4, -0.2) is 44.2 Å². The van der Waals surface area contributed by atoms with Gasteiger partial charge in [0, 0.05) is 6.07 Å². The molecule has 1 aliphatic rings. The Balaban J connectivity index is 1.99. The number of Topliss-reactive ketones (excluding diaryl/α,β-unsaturated/α-hetero) is 1. The summed E-state index contributed by atoms with van der Waals surface area (Å²) in [5, 5.41) is 2.39. The van der Waals surface area contributed by atoms with Crippen molar-refractivity contribution in [3.05, 3.63) is 59.2 Å². The fourth-order valence-corrected chi connectivity index (χ4v) is 3.74. The zero-order valence-corrected chi connectivity index (χ0v) is 20.0. The molecule has 2 aromatic rings. The van der Waals surface area contributed by atoms with Crippen molar-refractivity contribution in [3.63, 3.8) is 0 Å². The Labute approximate surface area is 205 Å². The van der Waals surface area contributed by atoms with Gasteiger partial charge in [-0.3, -0.25) is 4.79 Å². The third-order valence-electron chi connectivity index (χ3n) is 5.96. The Morgan fingerprint density at radius 2 is 1.86 bits per heavy atom. The van der Waals surface area contributed by atoms with Crippen LogP contribution in [0.5, 0.6) is 11.5 Å². The summed E-state index contributed by atoms with van der Waals surface area (Å²) in [5.41, 5.74) is -0.933. The summed E-state index contributed by atoms with van der Waals surface area (Å²) in [7, 11) is 2.57.